The number of para-hydroxylation sites is 1. The number of benzene rings is 2. The molecule has 0 saturated carbocycles. The van der Waals surface area contributed by atoms with Crippen LogP contribution in [0.1, 0.15) is 18.9 Å². The predicted molar refractivity (Wildman–Crippen MR) is 142 cm³/mol. The van der Waals surface area contributed by atoms with Gasteiger partial charge in [-0.3, -0.25) is 9.69 Å². The van der Waals surface area contributed by atoms with Crippen LogP contribution in [-0.2, 0) is 14.6 Å². The molecule has 2 saturated heterocycles. The third kappa shape index (κ3) is 4.91. The fourth-order valence-corrected chi connectivity index (χ4v) is 7.31. The number of carbonyl (C=O) groups excluding carboxylic acids is 1. The molecular formula is C25H23N3O4S3. The van der Waals surface area contributed by atoms with E-state index in [9.17, 15) is 13.2 Å². The Morgan fingerprint density at radius 3 is 2.57 bits per heavy atom. The van der Waals surface area contributed by atoms with Gasteiger partial charge in [-0.15, -0.1) is 0 Å². The van der Waals surface area contributed by atoms with Crippen molar-refractivity contribution in [3.05, 3.63) is 71.3 Å². The standard InChI is InChI=1S/C25H23N3O4S3/c1-2-32-21-10-8-17(9-11-21)23-18(15-27(26-23)19-6-4-3-5-7-19)14-22-24(29)28(25(33)34-22)20-12-13-35(30,31)16-20/h3-11,14-15,20H,2,12-13,16H2,1H3/b22-14-/t20-/m1/s1. The van der Waals surface area contributed by atoms with Gasteiger partial charge in [-0.2, -0.15) is 5.10 Å². The lowest BCUT2D eigenvalue weighted by molar-refractivity contribution is -0.123. The molecule has 3 heterocycles. The molecule has 1 atom stereocenters. The molecule has 0 aliphatic carbocycles. The Kier molecular flexibility index (Phi) is 6.52. The molecule has 1 amide bonds. The molecule has 5 rings (SSSR count). The summed E-state index contributed by atoms with van der Waals surface area (Å²) >= 11 is 6.67. The van der Waals surface area contributed by atoms with Crippen molar-refractivity contribution >= 4 is 50.1 Å². The highest BCUT2D eigenvalue weighted by Gasteiger charge is 2.42. The number of amides is 1. The molecule has 2 aromatic carbocycles. The zero-order chi connectivity index (χ0) is 24.6. The summed E-state index contributed by atoms with van der Waals surface area (Å²) in [7, 11) is -3.14. The summed E-state index contributed by atoms with van der Waals surface area (Å²) < 4.78 is 31.7. The number of nitrogens with zero attached hydrogens (tertiary/aromatic N) is 3. The van der Waals surface area contributed by atoms with Gasteiger partial charge in [0.25, 0.3) is 5.91 Å². The fourth-order valence-electron chi connectivity index (χ4n) is 4.22. The molecule has 2 fully saturated rings. The molecular weight excluding hydrogens is 502 g/mol. The number of ether oxygens (including phenoxy) is 1. The lowest BCUT2D eigenvalue weighted by Gasteiger charge is -2.20. The molecule has 0 spiro atoms. The highest BCUT2D eigenvalue weighted by atomic mass is 32.2. The Hall–Kier alpha value is -2.95. The van der Waals surface area contributed by atoms with Crippen molar-refractivity contribution in [2.24, 2.45) is 0 Å². The van der Waals surface area contributed by atoms with Crippen molar-refractivity contribution in [3.8, 4) is 22.7 Å². The highest BCUT2D eigenvalue weighted by molar-refractivity contribution is 8.26. The van der Waals surface area contributed by atoms with E-state index in [2.05, 4.69) is 0 Å². The van der Waals surface area contributed by atoms with Crippen LogP contribution in [0, 0.1) is 0 Å². The first-order valence-electron chi connectivity index (χ1n) is 11.2. The van der Waals surface area contributed by atoms with Gasteiger partial charge in [0.2, 0.25) is 0 Å². The van der Waals surface area contributed by atoms with E-state index in [1.54, 1.807) is 10.8 Å². The monoisotopic (exact) mass is 525 g/mol. The first-order chi connectivity index (χ1) is 16.8. The van der Waals surface area contributed by atoms with Gasteiger partial charge in [-0.25, -0.2) is 13.1 Å². The molecule has 7 nitrogen and oxygen atoms in total. The number of sulfone groups is 1. The minimum absolute atomic E-state index is 0.0455. The van der Waals surface area contributed by atoms with E-state index in [1.807, 2.05) is 67.7 Å². The zero-order valence-electron chi connectivity index (χ0n) is 19.0. The van der Waals surface area contributed by atoms with E-state index >= 15 is 0 Å². The molecule has 35 heavy (non-hydrogen) atoms. The van der Waals surface area contributed by atoms with E-state index in [4.69, 9.17) is 22.1 Å². The number of hydrogen-bond donors (Lipinski definition) is 0. The Morgan fingerprint density at radius 2 is 1.91 bits per heavy atom. The topological polar surface area (TPSA) is 81.5 Å². The van der Waals surface area contributed by atoms with Crippen LogP contribution >= 0.6 is 24.0 Å². The molecule has 1 aromatic heterocycles. The average Bonchev–Trinajstić information content (AvgIpc) is 3.50. The SMILES string of the molecule is CCOc1ccc(-c2nn(-c3ccccc3)cc2/C=C2\SC(=S)N([C@@H]3CCS(=O)(=O)C3)C2=O)cc1. The van der Waals surface area contributed by atoms with Gasteiger partial charge in [0.15, 0.2) is 9.84 Å². The predicted octanol–water partition coefficient (Wildman–Crippen LogP) is 4.33. The molecule has 2 aliphatic rings. The van der Waals surface area contributed by atoms with Crippen molar-refractivity contribution < 1.29 is 17.9 Å². The Bertz CT molecular complexity index is 1410. The summed E-state index contributed by atoms with van der Waals surface area (Å²) in [5.41, 5.74) is 3.25. The third-order valence-electron chi connectivity index (χ3n) is 5.89. The van der Waals surface area contributed by atoms with Crippen LogP contribution in [0.15, 0.2) is 65.7 Å². The molecule has 0 unspecified atom stereocenters. The Balaban J connectivity index is 1.52. The zero-order valence-corrected chi connectivity index (χ0v) is 21.4. The van der Waals surface area contributed by atoms with Gasteiger partial charge in [-0.1, -0.05) is 42.2 Å². The lowest BCUT2D eigenvalue weighted by Crippen LogP contribution is -2.39. The van der Waals surface area contributed by atoms with Crippen molar-refractivity contribution in [2.75, 3.05) is 18.1 Å². The van der Waals surface area contributed by atoms with Gasteiger partial charge in [0, 0.05) is 17.3 Å². The Morgan fingerprint density at radius 1 is 1.17 bits per heavy atom. The largest absolute Gasteiger partial charge is 0.494 e. The second-order valence-electron chi connectivity index (χ2n) is 8.28. The maximum Gasteiger partial charge on any atom is 0.266 e. The molecule has 10 heteroatoms. The number of thiocarbonyl (C=S) groups is 1. The minimum atomic E-state index is -3.14. The molecule has 2 aliphatic heterocycles. The van der Waals surface area contributed by atoms with Gasteiger partial charge in [0.1, 0.15) is 10.1 Å². The third-order valence-corrected chi connectivity index (χ3v) is 8.97. The van der Waals surface area contributed by atoms with Gasteiger partial charge in [0.05, 0.1) is 40.4 Å². The summed E-state index contributed by atoms with van der Waals surface area (Å²) in [6, 6.07) is 17.0. The van der Waals surface area contributed by atoms with E-state index in [1.165, 1.54) is 16.7 Å². The van der Waals surface area contributed by atoms with Crippen molar-refractivity contribution in [1.82, 2.24) is 14.7 Å². The van der Waals surface area contributed by atoms with E-state index in [0.717, 1.165) is 22.6 Å². The van der Waals surface area contributed by atoms with E-state index in [0.29, 0.717) is 27.9 Å². The second kappa shape index (κ2) is 9.60. The summed E-state index contributed by atoms with van der Waals surface area (Å²) in [5.74, 6) is 0.551. The number of aromatic nitrogens is 2. The maximum absolute atomic E-state index is 13.3. The van der Waals surface area contributed by atoms with Gasteiger partial charge in [-0.05, 0) is 55.8 Å². The summed E-state index contributed by atoms with van der Waals surface area (Å²) in [4.78, 5) is 15.2. The smallest absolute Gasteiger partial charge is 0.266 e. The van der Waals surface area contributed by atoms with Crippen LogP contribution in [-0.4, -0.2) is 57.5 Å². The van der Waals surface area contributed by atoms with Gasteiger partial charge < -0.3 is 4.74 Å². The quantitative estimate of drug-likeness (QED) is 0.350. The lowest BCUT2D eigenvalue weighted by atomic mass is 10.1. The molecule has 180 valence electrons. The normalized spacial score (nSPS) is 20.7. The second-order valence-corrected chi connectivity index (χ2v) is 12.2. The van der Waals surface area contributed by atoms with Crippen LogP contribution in [0.5, 0.6) is 5.75 Å². The molecule has 0 N–H and O–H groups in total. The maximum atomic E-state index is 13.3. The van der Waals surface area contributed by atoms with Gasteiger partial charge >= 0.3 is 0 Å². The van der Waals surface area contributed by atoms with Crippen LogP contribution in [0.3, 0.4) is 0 Å². The Labute approximate surface area is 213 Å². The number of thioether (sulfide) groups is 1. The number of rotatable bonds is 6. The van der Waals surface area contributed by atoms with Crippen LogP contribution in [0.4, 0.5) is 0 Å². The van der Waals surface area contributed by atoms with Crippen molar-refractivity contribution in [1.29, 1.82) is 0 Å². The number of carbonyl (C=O) groups is 1. The van der Waals surface area contributed by atoms with E-state index in [-0.39, 0.29) is 17.4 Å². The first kappa shape index (κ1) is 23.8. The average molecular weight is 526 g/mol. The van der Waals surface area contributed by atoms with Crippen molar-refractivity contribution in [2.45, 2.75) is 19.4 Å². The van der Waals surface area contributed by atoms with Crippen LogP contribution in [0.2, 0.25) is 0 Å². The fraction of sp³-hybridized carbons (Fsp3) is 0.240. The molecule has 0 bridgehead atoms. The van der Waals surface area contributed by atoms with Crippen molar-refractivity contribution in [3.63, 3.8) is 0 Å². The van der Waals surface area contributed by atoms with Crippen LogP contribution < -0.4 is 4.74 Å². The van der Waals surface area contributed by atoms with E-state index < -0.39 is 15.9 Å². The highest BCUT2D eigenvalue weighted by Crippen LogP contribution is 2.38. The minimum Gasteiger partial charge on any atom is -0.494 e. The van der Waals surface area contributed by atoms with Crippen LogP contribution in [0.25, 0.3) is 23.0 Å². The first-order valence-corrected chi connectivity index (χ1v) is 14.2. The number of hydrogen-bond acceptors (Lipinski definition) is 7. The summed E-state index contributed by atoms with van der Waals surface area (Å²) in [6.45, 7) is 2.52. The summed E-state index contributed by atoms with van der Waals surface area (Å²) in [5, 5.41) is 4.81. The molecule has 3 aromatic rings. The molecule has 0 radical (unpaired) electrons. The summed E-state index contributed by atoms with van der Waals surface area (Å²) in [6.07, 6.45) is 4.08.